The summed E-state index contributed by atoms with van der Waals surface area (Å²) in [7, 11) is 0. The van der Waals surface area contributed by atoms with Crippen LogP contribution in [0.15, 0.2) is 18.2 Å². The molecule has 3 nitrogen and oxygen atoms in total. The number of likely N-dealkylation sites (tertiary alicyclic amines) is 1. The van der Waals surface area contributed by atoms with Gasteiger partial charge in [-0.05, 0) is 57.2 Å². The van der Waals surface area contributed by atoms with Crippen LogP contribution in [-0.4, -0.2) is 30.0 Å². The molecule has 1 unspecified atom stereocenters. The number of nitrogens with zero attached hydrogens (tertiary/aromatic N) is 1. The molecule has 0 aliphatic carbocycles. The molecule has 0 saturated carbocycles. The molecule has 1 saturated heterocycles. The maximum atomic E-state index is 12.2. The van der Waals surface area contributed by atoms with Gasteiger partial charge in [-0.25, -0.2) is 0 Å². The summed E-state index contributed by atoms with van der Waals surface area (Å²) in [5.41, 5.74) is 2.30. The normalized spacial score (nSPS) is 18.9. The van der Waals surface area contributed by atoms with Gasteiger partial charge in [0.1, 0.15) is 5.75 Å². The largest absolute Gasteiger partial charge is 0.493 e. The van der Waals surface area contributed by atoms with Crippen molar-refractivity contribution in [2.45, 2.75) is 52.5 Å². The molecule has 0 bridgehead atoms. The minimum absolute atomic E-state index is 0.225. The summed E-state index contributed by atoms with van der Waals surface area (Å²) in [5.74, 6) is 1.12. The maximum Gasteiger partial charge on any atom is 0.226 e. The molecule has 1 heterocycles. The number of piperidine rings is 1. The molecule has 1 aromatic carbocycles. The summed E-state index contributed by atoms with van der Waals surface area (Å²) >= 11 is 0. The molecule has 0 aromatic heterocycles. The highest BCUT2D eigenvalue weighted by Gasteiger charge is 2.22. The number of benzene rings is 1. The van der Waals surface area contributed by atoms with E-state index in [2.05, 4.69) is 19.1 Å². The highest BCUT2D eigenvalue weighted by atomic mass is 16.5. The van der Waals surface area contributed by atoms with Crippen LogP contribution in [0.4, 0.5) is 0 Å². The number of carbonyl (C=O) groups excluding carboxylic acids is 1. The Labute approximate surface area is 121 Å². The Morgan fingerprint density at radius 2 is 2.15 bits per heavy atom. The van der Waals surface area contributed by atoms with E-state index in [1.165, 1.54) is 12.0 Å². The second kappa shape index (κ2) is 6.78. The number of ether oxygens (including phenoxy) is 1. The van der Waals surface area contributed by atoms with Crippen molar-refractivity contribution in [3.05, 3.63) is 29.3 Å². The van der Waals surface area contributed by atoms with Crippen LogP contribution >= 0.6 is 0 Å². The second-order valence-corrected chi connectivity index (χ2v) is 5.80. The third-order valence-electron chi connectivity index (χ3n) is 4.04. The standard InChI is InChI=1S/C17H25NO2/c1-13-7-8-14(2)16(12-13)20-11-9-17(19)18-10-5-4-6-15(18)3/h7-8,12,15H,4-6,9-11H2,1-3H3. The predicted molar refractivity (Wildman–Crippen MR) is 81.1 cm³/mol. The first-order chi connectivity index (χ1) is 9.58. The first-order valence-electron chi connectivity index (χ1n) is 7.57. The number of amides is 1. The van der Waals surface area contributed by atoms with E-state index in [-0.39, 0.29) is 5.91 Å². The topological polar surface area (TPSA) is 29.5 Å². The quantitative estimate of drug-likeness (QED) is 0.842. The van der Waals surface area contributed by atoms with Gasteiger partial charge in [-0.15, -0.1) is 0 Å². The molecule has 1 fully saturated rings. The van der Waals surface area contributed by atoms with Crippen LogP contribution in [0.2, 0.25) is 0 Å². The van der Waals surface area contributed by atoms with Crippen molar-refractivity contribution in [3.63, 3.8) is 0 Å². The van der Waals surface area contributed by atoms with Crippen LogP contribution in [-0.2, 0) is 4.79 Å². The zero-order valence-corrected chi connectivity index (χ0v) is 12.8. The van der Waals surface area contributed by atoms with Crippen LogP contribution < -0.4 is 4.74 Å². The van der Waals surface area contributed by atoms with Gasteiger partial charge in [0.05, 0.1) is 13.0 Å². The minimum Gasteiger partial charge on any atom is -0.493 e. The molecule has 0 radical (unpaired) electrons. The van der Waals surface area contributed by atoms with E-state index in [0.717, 1.165) is 30.7 Å². The second-order valence-electron chi connectivity index (χ2n) is 5.80. The van der Waals surface area contributed by atoms with Crippen molar-refractivity contribution in [1.82, 2.24) is 4.90 Å². The van der Waals surface area contributed by atoms with E-state index in [0.29, 0.717) is 19.1 Å². The Hall–Kier alpha value is -1.51. The molecular weight excluding hydrogens is 250 g/mol. The zero-order valence-electron chi connectivity index (χ0n) is 12.8. The number of hydrogen-bond donors (Lipinski definition) is 0. The average Bonchev–Trinajstić information content (AvgIpc) is 2.43. The summed E-state index contributed by atoms with van der Waals surface area (Å²) in [5, 5.41) is 0. The fourth-order valence-electron chi connectivity index (χ4n) is 2.72. The molecular formula is C17H25NO2. The number of aryl methyl sites for hydroxylation is 2. The first-order valence-corrected chi connectivity index (χ1v) is 7.57. The number of hydrogen-bond acceptors (Lipinski definition) is 2. The van der Waals surface area contributed by atoms with Crippen LogP contribution in [0.1, 0.15) is 43.7 Å². The van der Waals surface area contributed by atoms with Crippen LogP contribution in [0.5, 0.6) is 5.75 Å². The summed E-state index contributed by atoms with van der Waals surface area (Å²) in [6.07, 6.45) is 3.97. The third kappa shape index (κ3) is 3.75. The summed E-state index contributed by atoms with van der Waals surface area (Å²) in [6.45, 7) is 7.59. The van der Waals surface area contributed by atoms with Gasteiger partial charge in [0.15, 0.2) is 0 Å². The summed E-state index contributed by atoms with van der Waals surface area (Å²) in [4.78, 5) is 14.2. The lowest BCUT2D eigenvalue weighted by Crippen LogP contribution is -2.42. The molecule has 2 rings (SSSR count). The highest BCUT2D eigenvalue weighted by Crippen LogP contribution is 2.20. The Bertz CT molecular complexity index is 470. The minimum atomic E-state index is 0.225. The molecule has 1 aromatic rings. The molecule has 20 heavy (non-hydrogen) atoms. The summed E-state index contributed by atoms with van der Waals surface area (Å²) < 4.78 is 5.77. The van der Waals surface area contributed by atoms with Gasteiger partial charge in [-0.2, -0.15) is 0 Å². The molecule has 1 aliphatic rings. The average molecular weight is 275 g/mol. The van der Waals surface area contributed by atoms with Gasteiger partial charge in [0.2, 0.25) is 5.91 Å². The third-order valence-corrected chi connectivity index (χ3v) is 4.04. The lowest BCUT2D eigenvalue weighted by Gasteiger charge is -2.33. The number of carbonyl (C=O) groups is 1. The monoisotopic (exact) mass is 275 g/mol. The Kier molecular flexibility index (Phi) is 5.05. The lowest BCUT2D eigenvalue weighted by molar-refractivity contribution is -0.134. The fraction of sp³-hybridized carbons (Fsp3) is 0.588. The van der Waals surface area contributed by atoms with Gasteiger partial charge >= 0.3 is 0 Å². The van der Waals surface area contributed by atoms with E-state index in [1.807, 2.05) is 24.8 Å². The van der Waals surface area contributed by atoms with Crippen molar-refractivity contribution in [2.75, 3.05) is 13.2 Å². The van der Waals surface area contributed by atoms with Crippen LogP contribution in [0, 0.1) is 13.8 Å². The van der Waals surface area contributed by atoms with Crippen molar-refractivity contribution in [2.24, 2.45) is 0 Å². The highest BCUT2D eigenvalue weighted by molar-refractivity contribution is 5.76. The predicted octanol–water partition coefficient (Wildman–Crippen LogP) is 3.47. The van der Waals surface area contributed by atoms with Crippen molar-refractivity contribution in [1.29, 1.82) is 0 Å². The number of rotatable bonds is 4. The van der Waals surface area contributed by atoms with Crippen LogP contribution in [0.3, 0.4) is 0 Å². The zero-order chi connectivity index (χ0) is 14.5. The van der Waals surface area contributed by atoms with Crippen molar-refractivity contribution >= 4 is 5.91 Å². The maximum absolute atomic E-state index is 12.2. The van der Waals surface area contributed by atoms with Crippen molar-refractivity contribution < 1.29 is 9.53 Å². The van der Waals surface area contributed by atoms with E-state index in [1.54, 1.807) is 0 Å². The fourth-order valence-corrected chi connectivity index (χ4v) is 2.72. The molecule has 1 atom stereocenters. The smallest absolute Gasteiger partial charge is 0.226 e. The molecule has 110 valence electrons. The van der Waals surface area contributed by atoms with Gasteiger partial charge in [0, 0.05) is 12.6 Å². The lowest BCUT2D eigenvalue weighted by atomic mass is 10.0. The van der Waals surface area contributed by atoms with Gasteiger partial charge in [-0.3, -0.25) is 4.79 Å². The van der Waals surface area contributed by atoms with E-state index >= 15 is 0 Å². The molecule has 3 heteroatoms. The Morgan fingerprint density at radius 1 is 1.35 bits per heavy atom. The molecule has 0 N–H and O–H groups in total. The SMILES string of the molecule is Cc1ccc(C)c(OCCC(=O)N2CCCCC2C)c1. The first kappa shape index (κ1) is 14.9. The Morgan fingerprint density at radius 3 is 2.90 bits per heavy atom. The van der Waals surface area contributed by atoms with E-state index in [4.69, 9.17) is 4.74 Å². The van der Waals surface area contributed by atoms with E-state index < -0.39 is 0 Å². The van der Waals surface area contributed by atoms with Gasteiger partial charge in [0.25, 0.3) is 0 Å². The van der Waals surface area contributed by atoms with Gasteiger partial charge < -0.3 is 9.64 Å². The molecule has 1 amide bonds. The van der Waals surface area contributed by atoms with Crippen molar-refractivity contribution in [3.8, 4) is 5.75 Å². The molecule has 1 aliphatic heterocycles. The summed E-state index contributed by atoms with van der Waals surface area (Å²) in [6, 6.07) is 6.54. The Balaban J connectivity index is 1.83. The van der Waals surface area contributed by atoms with E-state index in [9.17, 15) is 4.79 Å². The van der Waals surface area contributed by atoms with Gasteiger partial charge in [-0.1, -0.05) is 12.1 Å². The molecule has 0 spiro atoms. The van der Waals surface area contributed by atoms with Crippen LogP contribution in [0.25, 0.3) is 0 Å².